The van der Waals surface area contributed by atoms with Crippen LogP contribution in [0.15, 0.2) is 0 Å². The summed E-state index contributed by atoms with van der Waals surface area (Å²) in [5, 5.41) is 0. The number of hydrogen-bond donors (Lipinski definition) is 0. The monoisotopic (exact) mass is 324 g/mol. The minimum absolute atomic E-state index is 0.833. The van der Waals surface area contributed by atoms with E-state index in [9.17, 15) is 0 Å². The maximum atomic E-state index is 2.72. The van der Waals surface area contributed by atoms with E-state index in [0.717, 1.165) is 34.0 Å². The van der Waals surface area contributed by atoms with Crippen LogP contribution < -0.4 is 0 Å². The fraction of sp³-hybridized carbons (Fsp3) is 1.00. The van der Waals surface area contributed by atoms with Crippen LogP contribution >= 0.6 is 17.2 Å². The molecule has 8 atom stereocenters. The molecule has 2 aliphatic carbocycles. The van der Waals surface area contributed by atoms with Gasteiger partial charge in [0.05, 0.1) is 0 Å². The van der Waals surface area contributed by atoms with Gasteiger partial charge in [-0.05, 0) is 74.0 Å². The van der Waals surface area contributed by atoms with Crippen molar-refractivity contribution in [1.82, 2.24) is 0 Å². The van der Waals surface area contributed by atoms with Gasteiger partial charge < -0.3 is 0 Å². The maximum Gasteiger partial charge on any atom is 0.0111 e. The van der Waals surface area contributed by atoms with Crippen molar-refractivity contribution in [3.05, 3.63) is 0 Å². The second-order valence-electron chi connectivity index (χ2n) is 8.52. The summed E-state index contributed by atoms with van der Waals surface area (Å²) in [7, 11) is 2.69. The van der Waals surface area contributed by atoms with Crippen molar-refractivity contribution < 1.29 is 0 Å². The molecule has 5 fully saturated rings. The Bertz CT molecular complexity index is 365. The molecule has 0 aromatic rings. The van der Waals surface area contributed by atoms with Crippen LogP contribution in [0.2, 0.25) is 0 Å². The van der Waals surface area contributed by atoms with Gasteiger partial charge in [0.2, 0.25) is 0 Å². The third kappa shape index (κ3) is 2.87. The van der Waals surface area contributed by atoms with Crippen LogP contribution in [-0.2, 0) is 0 Å². The van der Waals surface area contributed by atoms with Gasteiger partial charge in [0.25, 0.3) is 0 Å². The lowest BCUT2D eigenvalue weighted by molar-refractivity contribution is 0.211. The van der Waals surface area contributed by atoms with Crippen molar-refractivity contribution in [2.75, 3.05) is 0 Å². The maximum absolute atomic E-state index is 2.72. The Morgan fingerprint density at radius 2 is 1.29 bits per heavy atom. The molecule has 5 rings (SSSR count). The molecule has 5 aliphatic rings. The van der Waals surface area contributed by atoms with E-state index in [2.05, 4.69) is 6.92 Å². The fourth-order valence-corrected chi connectivity index (χ4v) is 12.5. The lowest BCUT2D eigenvalue weighted by atomic mass is 9.75. The first-order valence-electron chi connectivity index (χ1n) is 9.83. The summed E-state index contributed by atoms with van der Waals surface area (Å²) in [6.45, 7) is 2.72. The zero-order valence-corrected chi connectivity index (χ0v) is 15.9. The van der Waals surface area contributed by atoms with E-state index in [1.54, 1.807) is 77.0 Å². The lowest BCUT2D eigenvalue weighted by Gasteiger charge is -2.54. The van der Waals surface area contributed by atoms with Crippen molar-refractivity contribution in [1.29, 1.82) is 0 Å². The van der Waals surface area contributed by atoms with Crippen molar-refractivity contribution in [2.45, 2.75) is 100 Å². The first kappa shape index (κ1) is 15.4. The molecular formula is C19H34P2. The number of fused-ring (bicyclic) bond motifs is 7. The van der Waals surface area contributed by atoms with Gasteiger partial charge in [-0.1, -0.05) is 39.0 Å². The van der Waals surface area contributed by atoms with Crippen LogP contribution in [0.3, 0.4) is 0 Å². The number of rotatable bonds is 0. The van der Waals surface area contributed by atoms with Crippen LogP contribution in [0.5, 0.6) is 0 Å². The van der Waals surface area contributed by atoms with Gasteiger partial charge in [-0.15, -0.1) is 17.2 Å². The molecule has 3 aliphatic heterocycles. The lowest BCUT2D eigenvalue weighted by Crippen LogP contribution is -2.44. The van der Waals surface area contributed by atoms with Crippen LogP contribution in [0.4, 0.5) is 0 Å². The first-order valence-corrected chi connectivity index (χ1v) is 12.0. The first-order chi connectivity index (χ1) is 10.3. The molecule has 4 bridgehead atoms. The Hall–Kier alpha value is 0.860. The molecule has 0 aromatic heterocycles. The van der Waals surface area contributed by atoms with Gasteiger partial charge >= 0.3 is 0 Å². The second-order valence-corrected chi connectivity index (χ2v) is 12.9. The van der Waals surface area contributed by atoms with E-state index >= 15 is 0 Å². The zero-order chi connectivity index (χ0) is 14.3. The van der Waals surface area contributed by atoms with Gasteiger partial charge in [-0.2, -0.15) is 0 Å². The fourth-order valence-electron chi connectivity index (χ4n) is 6.18. The van der Waals surface area contributed by atoms with Crippen LogP contribution in [0, 0.1) is 17.8 Å². The predicted octanol–water partition coefficient (Wildman–Crippen LogP) is 6.38. The molecule has 3 saturated heterocycles. The van der Waals surface area contributed by atoms with Gasteiger partial charge in [0.1, 0.15) is 0 Å². The summed E-state index contributed by atoms with van der Waals surface area (Å²) >= 11 is 0. The van der Waals surface area contributed by atoms with E-state index in [0.29, 0.717) is 0 Å². The molecule has 21 heavy (non-hydrogen) atoms. The topological polar surface area (TPSA) is 0 Å². The Labute approximate surface area is 135 Å². The summed E-state index contributed by atoms with van der Waals surface area (Å²) in [4.78, 5) is 0.833. The minimum Gasteiger partial charge on any atom is -0.108 e. The van der Waals surface area contributed by atoms with E-state index in [1.165, 1.54) is 17.2 Å². The van der Waals surface area contributed by atoms with Crippen molar-refractivity contribution in [2.24, 2.45) is 17.8 Å². The summed E-state index contributed by atoms with van der Waals surface area (Å²) in [6, 6.07) is 0. The largest absolute Gasteiger partial charge is 0.108 e. The molecule has 0 amide bonds. The van der Waals surface area contributed by atoms with E-state index in [-0.39, 0.29) is 0 Å². The number of hydrogen-bond acceptors (Lipinski definition) is 0. The molecular weight excluding hydrogens is 290 g/mol. The summed E-state index contributed by atoms with van der Waals surface area (Å²) < 4.78 is 0. The predicted molar refractivity (Wildman–Crippen MR) is 98.5 cm³/mol. The molecule has 2 saturated carbocycles. The summed E-state index contributed by atoms with van der Waals surface area (Å²) in [6.07, 6.45) is 18.9. The highest BCUT2D eigenvalue weighted by atomic mass is 31.1. The quantitative estimate of drug-likeness (QED) is 0.453. The molecule has 1 spiro atoms. The summed E-state index contributed by atoms with van der Waals surface area (Å²) in [5.41, 5.74) is 2.27. The standard InChI is InChI=1S/C19H34P2/c1-14-15-6-2-4-8-17(12-10-15)20-19(14)16-7-3-5-9-18(21-19)13-11-16/h14-18,20-21H,2-13H2,1H3. The van der Waals surface area contributed by atoms with Gasteiger partial charge in [-0.25, -0.2) is 0 Å². The minimum atomic E-state index is 0.833. The molecule has 2 heteroatoms. The third-order valence-electron chi connectivity index (χ3n) is 7.44. The van der Waals surface area contributed by atoms with Gasteiger partial charge in [-0.3, -0.25) is 0 Å². The van der Waals surface area contributed by atoms with Crippen LogP contribution in [0.25, 0.3) is 0 Å². The molecule has 120 valence electrons. The van der Waals surface area contributed by atoms with Gasteiger partial charge in [0, 0.05) is 4.90 Å². The average Bonchev–Trinajstić information content (AvgIpc) is 2.50. The highest BCUT2D eigenvalue weighted by Crippen LogP contribution is 2.70. The molecule has 0 N–H and O–H groups in total. The highest BCUT2D eigenvalue weighted by Gasteiger charge is 2.52. The van der Waals surface area contributed by atoms with E-state index in [4.69, 9.17) is 0 Å². The molecule has 3 heterocycles. The van der Waals surface area contributed by atoms with Crippen LogP contribution in [0.1, 0.15) is 84.0 Å². The normalized spacial score (nSPS) is 53.3. The molecule has 0 aromatic carbocycles. The Balaban J connectivity index is 1.69. The third-order valence-corrected chi connectivity index (χ3v) is 13.0. The average molecular weight is 324 g/mol. The Kier molecular flexibility index (Phi) is 4.69. The zero-order valence-electron chi connectivity index (χ0n) is 13.9. The van der Waals surface area contributed by atoms with Crippen molar-refractivity contribution >= 4 is 17.2 Å². The molecule has 0 radical (unpaired) electrons. The van der Waals surface area contributed by atoms with Gasteiger partial charge in [0.15, 0.2) is 0 Å². The molecule has 8 unspecified atom stereocenters. The van der Waals surface area contributed by atoms with Crippen LogP contribution in [-0.4, -0.2) is 16.2 Å². The van der Waals surface area contributed by atoms with Crippen molar-refractivity contribution in [3.63, 3.8) is 0 Å². The molecule has 0 nitrogen and oxygen atoms in total. The van der Waals surface area contributed by atoms with E-state index < -0.39 is 0 Å². The smallest absolute Gasteiger partial charge is 0.0111 e. The SMILES string of the molecule is CC1C2CCCCC(CC2)PC12PC1CCCCC2CC1. The summed E-state index contributed by atoms with van der Waals surface area (Å²) in [5.74, 6) is 3.28. The Morgan fingerprint density at radius 1 is 0.667 bits per heavy atom. The highest BCUT2D eigenvalue weighted by molar-refractivity contribution is 7.60. The Morgan fingerprint density at radius 3 is 2.05 bits per heavy atom. The second kappa shape index (κ2) is 6.40. The van der Waals surface area contributed by atoms with Crippen molar-refractivity contribution in [3.8, 4) is 0 Å². The van der Waals surface area contributed by atoms with E-state index in [1.807, 2.05) is 0 Å².